The lowest BCUT2D eigenvalue weighted by molar-refractivity contribution is 0.578. The summed E-state index contributed by atoms with van der Waals surface area (Å²) in [5.74, 6) is 0. The van der Waals surface area contributed by atoms with E-state index in [1.54, 1.807) is 11.3 Å². The lowest BCUT2D eigenvalue weighted by atomic mass is 9.98. The molecule has 0 aliphatic rings. The Kier molecular flexibility index (Phi) is 4.14. The second-order valence-electron chi connectivity index (χ2n) is 5.63. The third kappa shape index (κ3) is 3.73. The first-order valence-electron chi connectivity index (χ1n) is 6.42. The van der Waals surface area contributed by atoms with E-state index in [0.29, 0.717) is 0 Å². The van der Waals surface area contributed by atoms with Crippen LogP contribution in [0.1, 0.15) is 31.5 Å². The fourth-order valence-corrected chi connectivity index (χ4v) is 2.49. The number of nitrogens with zero attached hydrogens (tertiary/aromatic N) is 4. The highest BCUT2D eigenvalue weighted by atomic mass is 32.1. The first kappa shape index (κ1) is 13.9. The van der Waals surface area contributed by atoms with E-state index in [1.165, 1.54) is 0 Å². The van der Waals surface area contributed by atoms with E-state index in [4.69, 9.17) is 0 Å². The van der Waals surface area contributed by atoms with Gasteiger partial charge in [-0.05, 0) is 12.1 Å². The zero-order valence-electron chi connectivity index (χ0n) is 11.9. The van der Waals surface area contributed by atoms with Gasteiger partial charge in [0.1, 0.15) is 5.01 Å². The van der Waals surface area contributed by atoms with E-state index in [0.717, 1.165) is 28.8 Å². The van der Waals surface area contributed by atoms with Crippen molar-refractivity contribution in [3.8, 4) is 0 Å². The average molecular weight is 276 g/mol. The Morgan fingerprint density at radius 2 is 2.00 bits per heavy atom. The lowest BCUT2D eigenvalue weighted by Gasteiger charge is -2.15. The molecule has 0 fully saturated rings. The number of pyridine rings is 1. The van der Waals surface area contributed by atoms with Crippen molar-refractivity contribution in [2.45, 2.75) is 32.6 Å². The third-order valence-corrected chi connectivity index (χ3v) is 4.28. The van der Waals surface area contributed by atoms with Gasteiger partial charge in [-0.1, -0.05) is 38.2 Å². The van der Waals surface area contributed by atoms with Crippen LogP contribution in [-0.4, -0.2) is 28.8 Å². The van der Waals surface area contributed by atoms with Crippen molar-refractivity contribution >= 4 is 16.5 Å². The van der Waals surface area contributed by atoms with Crippen LogP contribution >= 0.6 is 11.3 Å². The number of likely N-dealkylation sites (N-methyl/N-ethyl adjacent to an activating group) is 1. The second kappa shape index (κ2) is 5.65. The molecular formula is C14H20N4S. The molecule has 0 aliphatic carbocycles. The Labute approximate surface area is 118 Å². The molecule has 0 bridgehead atoms. The first-order valence-corrected chi connectivity index (χ1v) is 7.23. The van der Waals surface area contributed by atoms with Crippen LogP contribution in [0, 0.1) is 0 Å². The second-order valence-corrected chi connectivity index (χ2v) is 6.59. The van der Waals surface area contributed by atoms with E-state index in [1.807, 2.05) is 18.3 Å². The van der Waals surface area contributed by atoms with E-state index in [9.17, 15) is 0 Å². The quantitative estimate of drug-likeness (QED) is 0.861. The predicted octanol–water partition coefficient (Wildman–Crippen LogP) is 2.91. The fraction of sp³-hybridized carbons (Fsp3) is 0.500. The zero-order valence-corrected chi connectivity index (χ0v) is 12.7. The topological polar surface area (TPSA) is 41.9 Å². The van der Waals surface area contributed by atoms with Gasteiger partial charge in [-0.3, -0.25) is 4.98 Å². The molecule has 0 aliphatic heterocycles. The molecule has 5 heteroatoms. The van der Waals surface area contributed by atoms with Gasteiger partial charge in [-0.2, -0.15) is 0 Å². The van der Waals surface area contributed by atoms with Gasteiger partial charge in [0.25, 0.3) is 0 Å². The van der Waals surface area contributed by atoms with Crippen molar-refractivity contribution in [3.63, 3.8) is 0 Å². The summed E-state index contributed by atoms with van der Waals surface area (Å²) >= 11 is 1.67. The Bertz CT molecular complexity index is 516. The molecule has 2 aromatic heterocycles. The van der Waals surface area contributed by atoms with Crippen LogP contribution in [0.5, 0.6) is 0 Å². The maximum Gasteiger partial charge on any atom is 0.208 e. The number of hydrogen-bond acceptors (Lipinski definition) is 5. The highest BCUT2D eigenvalue weighted by Gasteiger charge is 2.20. The molecule has 0 atom stereocenters. The summed E-state index contributed by atoms with van der Waals surface area (Å²) in [7, 11) is 2.05. The fourth-order valence-electron chi connectivity index (χ4n) is 1.60. The van der Waals surface area contributed by atoms with Crippen LogP contribution in [0.15, 0.2) is 24.4 Å². The minimum absolute atomic E-state index is 0.0672. The highest BCUT2D eigenvalue weighted by Crippen LogP contribution is 2.29. The summed E-state index contributed by atoms with van der Waals surface area (Å²) in [5.41, 5.74) is 1.17. The standard InChI is InChI=1S/C14H20N4S/c1-14(2,3)12-16-17-13(19-12)18(4)10-8-11-7-5-6-9-15-11/h5-7,9H,8,10H2,1-4H3. The molecule has 0 spiro atoms. The summed E-state index contributed by atoms with van der Waals surface area (Å²) in [6.45, 7) is 7.37. The molecule has 19 heavy (non-hydrogen) atoms. The van der Waals surface area contributed by atoms with Gasteiger partial charge < -0.3 is 4.90 Å². The molecule has 2 aromatic rings. The molecule has 2 rings (SSSR count). The molecule has 0 unspecified atom stereocenters. The Hall–Kier alpha value is -1.49. The highest BCUT2D eigenvalue weighted by molar-refractivity contribution is 7.15. The molecule has 102 valence electrons. The van der Waals surface area contributed by atoms with Gasteiger partial charge in [-0.15, -0.1) is 10.2 Å². The maximum atomic E-state index is 4.33. The van der Waals surface area contributed by atoms with Gasteiger partial charge >= 0.3 is 0 Å². The predicted molar refractivity (Wildman–Crippen MR) is 79.8 cm³/mol. The average Bonchev–Trinajstić information content (AvgIpc) is 2.87. The minimum atomic E-state index is 0.0672. The monoisotopic (exact) mass is 276 g/mol. The summed E-state index contributed by atoms with van der Waals surface area (Å²) in [4.78, 5) is 6.47. The van der Waals surface area contributed by atoms with Gasteiger partial charge in [-0.25, -0.2) is 0 Å². The normalized spacial score (nSPS) is 11.6. The minimum Gasteiger partial charge on any atom is -0.349 e. The van der Waals surface area contributed by atoms with Crippen molar-refractivity contribution in [3.05, 3.63) is 35.1 Å². The van der Waals surface area contributed by atoms with Crippen molar-refractivity contribution in [2.24, 2.45) is 0 Å². The molecule has 4 nitrogen and oxygen atoms in total. The molecule has 2 heterocycles. The van der Waals surface area contributed by atoms with Crippen LogP contribution in [0.2, 0.25) is 0 Å². The molecule has 0 saturated carbocycles. The smallest absolute Gasteiger partial charge is 0.208 e. The summed E-state index contributed by atoms with van der Waals surface area (Å²) in [6.07, 6.45) is 2.75. The summed E-state index contributed by atoms with van der Waals surface area (Å²) < 4.78 is 0. The lowest BCUT2D eigenvalue weighted by Crippen LogP contribution is -2.20. The molecular weight excluding hydrogens is 256 g/mol. The van der Waals surface area contributed by atoms with E-state index in [2.05, 4.69) is 54.0 Å². The van der Waals surface area contributed by atoms with E-state index < -0.39 is 0 Å². The van der Waals surface area contributed by atoms with Crippen LogP contribution in [0.3, 0.4) is 0 Å². The number of hydrogen-bond donors (Lipinski definition) is 0. The van der Waals surface area contributed by atoms with Crippen molar-refractivity contribution in [1.82, 2.24) is 15.2 Å². The Morgan fingerprint density at radius 1 is 1.21 bits per heavy atom. The maximum absolute atomic E-state index is 4.33. The molecule has 0 amide bonds. The Morgan fingerprint density at radius 3 is 2.58 bits per heavy atom. The van der Waals surface area contributed by atoms with Gasteiger partial charge in [0.15, 0.2) is 0 Å². The van der Waals surface area contributed by atoms with Crippen molar-refractivity contribution in [2.75, 3.05) is 18.5 Å². The molecule has 0 radical (unpaired) electrons. The van der Waals surface area contributed by atoms with Crippen molar-refractivity contribution < 1.29 is 0 Å². The number of rotatable bonds is 4. The van der Waals surface area contributed by atoms with Crippen molar-refractivity contribution in [1.29, 1.82) is 0 Å². The van der Waals surface area contributed by atoms with Gasteiger partial charge in [0.05, 0.1) is 0 Å². The van der Waals surface area contributed by atoms with Crippen LogP contribution < -0.4 is 4.90 Å². The number of anilines is 1. The summed E-state index contributed by atoms with van der Waals surface area (Å²) in [5, 5.41) is 10.6. The van der Waals surface area contributed by atoms with E-state index >= 15 is 0 Å². The zero-order chi connectivity index (χ0) is 13.9. The van der Waals surface area contributed by atoms with Crippen LogP contribution in [-0.2, 0) is 11.8 Å². The largest absolute Gasteiger partial charge is 0.349 e. The SMILES string of the molecule is CN(CCc1ccccn1)c1nnc(C(C)(C)C)s1. The summed E-state index contributed by atoms with van der Waals surface area (Å²) in [6, 6.07) is 6.01. The van der Waals surface area contributed by atoms with Gasteiger partial charge in [0, 0.05) is 37.3 Å². The molecule has 0 aromatic carbocycles. The van der Waals surface area contributed by atoms with Gasteiger partial charge in [0.2, 0.25) is 5.13 Å². The van der Waals surface area contributed by atoms with Crippen LogP contribution in [0.25, 0.3) is 0 Å². The molecule has 0 saturated heterocycles. The first-order chi connectivity index (χ1) is 8.97. The Balaban J connectivity index is 1.97. The number of aromatic nitrogens is 3. The van der Waals surface area contributed by atoms with Crippen LogP contribution in [0.4, 0.5) is 5.13 Å². The third-order valence-electron chi connectivity index (χ3n) is 2.81. The van der Waals surface area contributed by atoms with E-state index in [-0.39, 0.29) is 5.41 Å². The molecule has 0 N–H and O–H groups in total.